The van der Waals surface area contributed by atoms with E-state index < -0.39 is 11.9 Å². The van der Waals surface area contributed by atoms with Crippen LogP contribution in [0.2, 0.25) is 0 Å². The Morgan fingerprint density at radius 3 is 2.52 bits per heavy atom. The number of carbonyl (C=O) groups excluding carboxylic acids is 1. The summed E-state index contributed by atoms with van der Waals surface area (Å²) in [4.78, 5) is 25.4. The minimum Gasteiger partial charge on any atom is -0.481 e. The van der Waals surface area contributed by atoms with Crippen LogP contribution in [0.1, 0.15) is 38.2 Å². The van der Waals surface area contributed by atoms with Crippen molar-refractivity contribution in [2.24, 2.45) is 11.8 Å². The summed E-state index contributed by atoms with van der Waals surface area (Å²) in [5, 5.41) is 12.2. The summed E-state index contributed by atoms with van der Waals surface area (Å²) in [6.07, 6.45) is 3.63. The van der Waals surface area contributed by atoms with Gasteiger partial charge in [-0.15, -0.1) is 0 Å². The lowest BCUT2D eigenvalue weighted by Crippen LogP contribution is -2.53. The molecule has 2 N–H and O–H groups in total. The molecule has 1 heterocycles. The molecular formula is C19H25FN2O3. The summed E-state index contributed by atoms with van der Waals surface area (Å²) < 4.78 is 13.2. The first-order valence-electron chi connectivity index (χ1n) is 8.91. The van der Waals surface area contributed by atoms with Crippen molar-refractivity contribution in [1.82, 2.24) is 10.2 Å². The Morgan fingerprint density at radius 2 is 1.96 bits per heavy atom. The molecule has 5 nitrogen and oxygen atoms in total. The number of nitrogens with zero attached hydrogens (tertiary/aromatic N) is 1. The van der Waals surface area contributed by atoms with Crippen molar-refractivity contribution in [1.29, 1.82) is 0 Å². The number of aliphatic carboxylic acids is 1. The van der Waals surface area contributed by atoms with Crippen LogP contribution in [-0.2, 0) is 10.2 Å². The maximum Gasteiger partial charge on any atom is 0.317 e. The highest BCUT2D eigenvalue weighted by atomic mass is 19.1. The SMILES string of the molecule is CC1CC(C(=O)O)CN(C(=O)NCC2(c3ccc(F)cc3)CCC2)C1. The van der Waals surface area contributed by atoms with Crippen LogP contribution >= 0.6 is 0 Å². The molecule has 1 aromatic carbocycles. The Labute approximate surface area is 147 Å². The number of nitrogens with one attached hydrogen (secondary N) is 1. The molecule has 1 aliphatic carbocycles. The largest absolute Gasteiger partial charge is 0.481 e. The van der Waals surface area contributed by atoms with Gasteiger partial charge in [-0.3, -0.25) is 4.79 Å². The average Bonchev–Trinajstić information content (AvgIpc) is 2.54. The van der Waals surface area contributed by atoms with Crippen molar-refractivity contribution in [3.8, 4) is 0 Å². The van der Waals surface area contributed by atoms with Crippen molar-refractivity contribution in [3.63, 3.8) is 0 Å². The van der Waals surface area contributed by atoms with Gasteiger partial charge in [0.05, 0.1) is 5.92 Å². The number of hydrogen-bond acceptors (Lipinski definition) is 2. The molecule has 6 heteroatoms. The Kier molecular flexibility index (Phi) is 4.97. The third-order valence-electron chi connectivity index (χ3n) is 5.64. The molecule has 1 aromatic rings. The molecule has 2 aliphatic rings. The predicted molar refractivity (Wildman–Crippen MR) is 91.8 cm³/mol. The van der Waals surface area contributed by atoms with E-state index in [2.05, 4.69) is 5.32 Å². The van der Waals surface area contributed by atoms with Gasteiger partial charge < -0.3 is 15.3 Å². The number of carboxylic acid groups (broad SMARTS) is 1. The van der Waals surface area contributed by atoms with Crippen LogP contribution in [0.3, 0.4) is 0 Å². The van der Waals surface area contributed by atoms with Crippen LogP contribution in [0.5, 0.6) is 0 Å². The summed E-state index contributed by atoms with van der Waals surface area (Å²) in [7, 11) is 0. The van der Waals surface area contributed by atoms with E-state index in [4.69, 9.17) is 0 Å². The van der Waals surface area contributed by atoms with Crippen LogP contribution in [0, 0.1) is 17.7 Å². The molecule has 136 valence electrons. The quantitative estimate of drug-likeness (QED) is 0.879. The van der Waals surface area contributed by atoms with Gasteiger partial charge in [0.1, 0.15) is 5.82 Å². The Balaban J connectivity index is 1.62. The second-order valence-corrected chi connectivity index (χ2v) is 7.58. The van der Waals surface area contributed by atoms with E-state index >= 15 is 0 Å². The molecule has 1 saturated carbocycles. The number of urea groups is 1. The molecule has 3 rings (SSSR count). The monoisotopic (exact) mass is 348 g/mol. The van der Waals surface area contributed by atoms with Gasteiger partial charge in [-0.2, -0.15) is 0 Å². The van der Waals surface area contributed by atoms with Crippen LogP contribution in [0.4, 0.5) is 9.18 Å². The standard InChI is InChI=1S/C19H25FN2O3/c1-13-9-14(17(23)24)11-22(10-13)18(25)21-12-19(7-2-8-19)15-3-5-16(20)6-4-15/h3-6,13-14H,2,7-12H2,1H3,(H,21,25)(H,23,24). The number of piperidine rings is 1. The van der Waals surface area contributed by atoms with E-state index in [1.165, 1.54) is 12.1 Å². The minimum atomic E-state index is -0.842. The molecule has 1 aliphatic heterocycles. The topological polar surface area (TPSA) is 69.6 Å². The molecule has 2 fully saturated rings. The Bertz CT molecular complexity index is 643. The van der Waals surface area contributed by atoms with Gasteiger partial charge >= 0.3 is 12.0 Å². The van der Waals surface area contributed by atoms with Crippen molar-refractivity contribution < 1.29 is 19.1 Å². The van der Waals surface area contributed by atoms with Crippen molar-refractivity contribution in [2.75, 3.05) is 19.6 Å². The zero-order chi connectivity index (χ0) is 18.0. The number of carbonyl (C=O) groups is 2. The number of likely N-dealkylation sites (tertiary alicyclic amines) is 1. The lowest BCUT2D eigenvalue weighted by atomic mass is 9.64. The van der Waals surface area contributed by atoms with E-state index in [-0.39, 0.29) is 29.7 Å². The van der Waals surface area contributed by atoms with Gasteiger partial charge in [0.2, 0.25) is 0 Å². The van der Waals surface area contributed by atoms with E-state index in [9.17, 15) is 19.1 Å². The number of hydrogen-bond donors (Lipinski definition) is 2. The summed E-state index contributed by atoms with van der Waals surface area (Å²) in [6, 6.07) is 6.31. The number of carboxylic acids is 1. The molecule has 25 heavy (non-hydrogen) atoms. The van der Waals surface area contributed by atoms with Crippen LogP contribution in [-0.4, -0.2) is 41.6 Å². The lowest BCUT2D eigenvalue weighted by Gasteiger charge is -2.43. The van der Waals surface area contributed by atoms with Gasteiger partial charge in [-0.05, 0) is 42.9 Å². The molecule has 1 saturated heterocycles. The summed E-state index contributed by atoms with van der Waals surface area (Å²) in [5.74, 6) is -1.42. The zero-order valence-electron chi connectivity index (χ0n) is 14.5. The third-order valence-corrected chi connectivity index (χ3v) is 5.64. The maximum absolute atomic E-state index is 13.2. The number of rotatable bonds is 4. The molecule has 0 radical (unpaired) electrons. The molecule has 0 bridgehead atoms. The second-order valence-electron chi connectivity index (χ2n) is 7.58. The van der Waals surface area contributed by atoms with E-state index in [1.807, 2.05) is 6.92 Å². The molecule has 0 aromatic heterocycles. The highest BCUT2D eigenvalue weighted by Gasteiger charge is 2.39. The Morgan fingerprint density at radius 1 is 1.28 bits per heavy atom. The zero-order valence-corrected chi connectivity index (χ0v) is 14.5. The van der Waals surface area contributed by atoms with Gasteiger partial charge in [0, 0.05) is 25.0 Å². The highest BCUT2D eigenvalue weighted by molar-refractivity contribution is 5.76. The fraction of sp³-hybridized carbons (Fsp3) is 0.579. The Hall–Kier alpha value is -2.11. The van der Waals surface area contributed by atoms with Crippen LogP contribution in [0.25, 0.3) is 0 Å². The van der Waals surface area contributed by atoms with Crippen LogP contribution in [0.15, 0.2) is 24.3 Å². The van der Waals surface area contributed by atoms with Crippen molar-refractivity contribution in [3.05, 3.63) is 35.6 Å². The first kappa shape index (κ1) is 17.7. The first-order valence-corrected chi connectivity index (χ1v) is 8.91. The van der Waals surface area contributed by atoms with Crippen LogP contribution < -0.4 is 5.32 Å². The number of benzene rings is 1. The first-order chi connectivity index (χ1) is 11.9. The number of halogens is 1. The van der Waals surface area contributed by atoms with Gasteiger partial charge in [0.25, 0.3) is 0 Å². The fourth-order valence-electron chi connectivity index (χ4n) is 4.03. The van der Waals surface area contributed by atoms with Gasteiger partial charge in [0.15, 0.2) is 0 Å². The molecule has 0 spiro atoms. The second kappa shape index (κ2) is 7.02. The molecule has 2 atom stereocenters. The van der Waals surface area contributed by atoms with E-state index in [0.717, 1.165) is 24.8 Å². The minimum absolute atomic E-state index is 0.128. The van der Waals surface area contributed by atoms with Crippen molar-refractivity contribution in [2.45, 2.75) is 38.0 Å². The predicted octanol–water partition coefficient (Wildman–Crippen LogP) is 3.00. The van der Waals surface area contributed by atoms with Gasteiger partial charge in [-0.25, -0.2) is 9.18 Å². The molecule has 2 unspecified atom stereocenters. The average molecular weight is 348 g/mol. The van der Waals surface area contributed by atoms with E-state index in [1.54, 1.807) is 17.0 Å². The fourth-order valence-corrected chi connectivity index (χ4v) is 4.03. The summed E-state index contributed by atoms with van der Waals surface area (Å²) >= 11 is 0. The maximum atomic E-state index is 13.2. The smallest absolute Gasteiger partial charge is 0.317 e. The normalized spacial score (nSPS) is 25.1. The third kappa shape index (κ3) is 3.78. The van der Waals surface area contributed by atoms with Gasteiger partial charge in [-0.1, -0.05) is 25.5 Å². The summed E-state index contributed by atoms with van der Waals surface area (Å²) in [6.45, 7) is 3.32. The van der Waals surface area contributed by atoms with Crippen molar-refractivity contribution >= 4 is 12.0 Å². The molecular weight excluding hydrogens is 323 g/mol. The summed E-state index contributed by atoms with van der Waals surface area (Å²) in [5.41, 5.74) is 0.924. The van der Waals surface area contributed by atoms with E-state index in [0.29, 0.717) is 19.5 Å². The molecule has 2 amide bonds. The number of amides is 2. The lowest BCUT2D eigenvalue weighted by molar-refractivity contribution is -0.143. The highest BCUT2D eigenvalue weighted by Crippen LogP contribution is 2.43.